The summed E-state index contributed by atoms with van der Waals surface area (Å²) in [6.07, 6.45) is 0. The molecule has 0 aliphatic rings. The van der Waals surface area contributed by atoms with Crippen LogP contribution in [-0.2, 0) is 0 Å². The van der Waals surface area contributed by atoms with Gasteiger partial charge in [0, 0.05) is 21.8 Å². The Labute approximate surface area is 166 Å². The van der Waals surface area contributed by atoms with Gasteiger partial charge in [0.2, 0.25) is 0 Å². The number of aromatic nitrogens is 3. The standard InChI is InChI=1S/C20H14Cl3N3/c1-11-12(2)24-20-17(13-7-9-14(21)10-8-13)18(25-26(20)19(11)23)15-5-3-4-6-16(15)22/h3-10H,1-2H3. The van der Waals surface area contributed by atoms with Gasteiger partial charge in [-0.1, -0.05) is 65.1 Å². The van der Waals surface area contributed by atoms with E-state index in [4.69, 9.17) is 44.9 Å². The number of fused-ring (bicyclic) bond motifs is 1. The van der Waals surface area contributed by atoms with Crippen molar-refractivity contribution in [2.75, 3.05) is 0 Å². The van der Waals surface area contributed by atoms with Gasteiger partial charge in [-0.2, -0.15) is 5.10 Å². The van der Waals surface area contributed by atoms with Crippen molar-refractivity contribution >= 4 is 40.4 Å². The lowest BCUT2D eigenvalue weighted by Gasteiger charge is -2.07. The highest BCUT2D eigenvalue weighted by Gasteiger charge is 2.22. The summed E-state index contributed by atoms with van der Waals surface area (Å²) in [4.78, 5) is 4.75. The van der Waals surface area contributed by atoms with Crippen LogP contribution in [0.15, 0.2) is 48.5 Å². The molecule has 6 heteroatoms. The fraction of sp³-hybridized carbons (Fsp3) is 0.100. The van der Waals surface area contributed by atoms with Crippen molar-refractivity contribution < 1.29 is 0 Å². The average Bonchev–Trinajstić information content (AvgIpc) is 3.00. The molecule has 4 aromatic rings. The number of rotatable bonds is 2. The molecule has 0 bridgehead atoms. The molecule has 0 aliphatic carbocycles. The summed E-state index contributed by atoms with van der Waals surface area (Å²) in [6.45, 7) is 3.87. The molecular formula is C20H14Cl3N3. The normalized spacial score (nSPS) is 11.3. The van der Waals surface area contributed by atoms with Crippen LogP contribution in [0.3, 0.4) is 0 Å². The van der Waals surface area contributed by atoms with E-state index in [9.17, 15) is 0 Å². The van der Waals surface area contributed by atoms with Crippen molar-refractivity contribution in [1.82, 2.24) is 14.6 Å². The third-order valence-corrected chi connectivity index (χ3v) is 5.46. The van der Waals surface area contributed by atoms with Crippen LogP contribution in [0.25, 0.3) is 28.0 Å². The van der Waals surface area contributed by atoms with Crippen molar-refractivity contribution in [3.05, 3.63) is 75.0 Å². The van der Waals surface area contributed by atoms with E-state index in [0.29, 0.717) is 20.8 Å². The molecule has 0 saturated carbocycles. The summed E-state index contributed by atoms with van der Waals surface area (Å²) >= 11 is 19.1. The Morgan fingerprint density at radius 3 is 2.27 bits per heavy atom. The number of nitrogens with zero attached hydrogens (tertiary/aromatic N) is 3. The molecule has 26 heavy (non-hydrogen) atoms. The fourth-order valence-corrected chi connectivity index (χ4v) is 3.53. The molecule has 2 heterocycles. The van der Waals surface area contributed by atoms with Gasteiger partial charge in [0.1, 0.15) is 10.8 Å². The Bertz CT molecular complexity index is 1130. The molecule has 3 nitrogen and oxygen atoms in total. The van der Waals surface area contributed by atoms with Crippen LogP contribution in [-0.4, -0.2) is 14.6 Å². The van der Waals surface area contributed by atoms with E-state index in [0.717, 1.165) is 33.6 Å². The van der Waals surface area contributed by atoms with Crippen molar-refractivity contribution in [2.45, 2.75) is 13.8 Å². The second-order valence-electron chi connectivity index (χ2n) is 6.06. The predicted molar refractivity (Wildman–Crippen MR) is 108 cm³/mol. The Balaban J connectivity index is 2.14. The van der Waals surface area contributed by atoms with E-state index in [1.807, 2.05) is 62.4 Å². The van der Waals surface area contributed by atoms with Crippen molar-refractivity contribution in [2.24, 2.45) is 0 Å². The van der Waals surface area contributed by atoms with Gasteiger partial charge in [0.25, 0.3) is 0 Å². The lowest BCUT2D eigenvalue weighted by Crippen LogP contribution is -1.99. The van der Waals surface area contributed by atoms with E-state index < -0.39 is 0 Å². The molecule has 0 atom stereocenters. The Kier molecular flexibility index (Phi) is 4.39. The second-order valence-corrected chi connectivity index (χ2v) is 7.26. The number of hydrogen-bond donors (Lipinski definition) is 0. The zero-order valence-electron chi connectivity index (χ0n) is 14.1. The van der Waals surface area contributed by atoms with Gasteiger partial charge >= 0.3 is 0 Å². The summed E-state index contributed by atoms with van der Waals surface area (Å²) in [5.74, 6) is 0. The van der Waals surface area contributed by atoms with E-state index in [-0.39, 0.29) is 0 Å². The molecule has 0 saturated heterocycles. The van der Waals surface area contributed by atoms with Crippen LogP contribution in [0.2, 0.25) is 15.2 Å². The Hall–Kier alpha value is -2.07. The SMILES string of the molecule is Cc1nc2c(-c3ccc(Cl)cc3)c(-c3ccccc3Cl)nn2c(Cl)c1C. The summed E-state index contributed by atoms with van der Waals surface area (Å²) in [5.41, 5.74) is 5.84. The van der Waals surface area contributed by atoms with Gasteiger partial charge in [-0.15, -0.1) is 0 Å². The molecule has 2 aromatic carbocycles. The predicted octanol–water partition coefficient (Wildman–Crippen LogP) is 6.64. The lowest BCUT2D eigenvalue weighted by atomic mass is 10.0. The highest BCUT2D eigenvalue weighted by atomic mass is 35.5. The summed E-state index contributed by atoms with van der Waals surface area (Å²) in [7, 11) is 0. The molecule has 0 amide bonds. The van der Waals surface area contributed by atoms with Crippen LogP contribution >= 0.6 is 34.8 Å². The molecular weight excluding hydrogens is 389 g/mol. The maximum absolute atomic E-state index is 6.56. The molecule has 2 aromatic heterocycles. The Morgan fingerprint density at radius 2 is 1.58 bits per heavy atom. The van der Waals surface area contributed by atoms with Crippen LogP contribution in [0.5, 0.6) is 0 Å². The topological polar surface area (TPSA) is 30.2 Å². The Morgan fingerprint density at radius 1 is 0.885 bits per heavy atom. The minimum absolute atomic E-state index is 0.543. The number of benzene rings is 2. The molecule has 4 rings (SSSR count). The summed E-state index contributed by atoms with van der Waals surface area (Å²) in [6, 6.07) is 15.2. The summed E-state index contributed by atoms with van der Waals surface area (Å²) in [5, 5.41) is 6.58. The quantitative estimate of drug-likeness (QED) is 0.352. The highest BCUT2D eigenvalue weighted by molar-refractivity contribution is 6.33. The zero-order valence-corrected chi connectivity index (χ0v) is 16.4. The maximum atomic E-state index is 6.56. The fourth-order valence-electron chi connectivity index (χ4n) is 2.92. The van der Waals surface area contributed by atoms with Crippen molar-refractivity contribution in [3.63, 3.8) is 0 Å². The van der Waals surface area contributed by atoms with Crippen molar-refractivity contribution in [3.8, 4) is 22.4 Å². The number of hydrogen-bond acceptors (Lipinski definition) is 2. The highest BCUT2D eigenvalue weighted by Crippen LogP contribution is 2.39. The monoisotopic (exact) mass is 401 g/mol. The van der Waals surface area contributed by atoms with Gasteiger partial charge in [0.05, 0.1) is 10.6 Å². The van der Waals surface area contributed by atoms with Gasteiger partial charge in [-0.25, -0.2) is 9.50 Å². The first-order valence-corrected chi connectivity index (χ1v) is 9.17. The largest absolute Gasteiger partial charge is 0.233 e. The first-order chi connectivity index (χ1) is 12.5. The van der Waals surface area contributed by atoms with E-state index in [1.54, 1.807) is 4.52 Å². The molecule has 0 aliphatic heterocycles. The first kappa shape index (κ1) is 17.3. The number of aryl methyl sites for hydroxylation is 1. The molecule has 0 N–H and O–H groups in total. The van der Waals surface area contributed by atoms with Crippen LogP contribution in [0.4, 0.5) is 0 Å². The van der Waals surface area contributed by atoms with Gasteiger partial charge in [-0.3, -0.25) is 0 Å². The number of halogens is 3. The average molecular weight is 403 g/mol. The van der Waals surface area contributed by atoms with E-state index in [1.165, 1.54) is 0 Å². The van der Waals surface area contributed by atoms with E-state index in [2.05, 4.69) is 0 Å². The lowest BCUT2D eigenvalue weighted by molar-refractivity contribution is 0.919. The molecule has 0 spiro atoms. The molecule has 130 valence electrons. The molecule has 0 fully saturated rings. The summed E-state index contributed by atoms with van der Waals surface area (Å²) < 4.78 is 1.67. The van der Waals surface area contributed by atoms with Crippen LogP contribution in [0.1, 0.15) is 11.3 Å². The second kappa shape index (κ2) is 6.58. The van der Waals surface area contributed by atoms with Gasteiger partial charge < -0.3 is 0 Å². The molecule has 0 unspecified atom stereocenters. The smallest absolute Gasteiger partial charge is 0.165 e. The van der Waals surface area contributed by atoms with Crippen LogP contribution in [0, 0.1) is 13.8 Å². The van der Waals surface area contributed by atoms with Gasteiger partial charge in [-0.05, 0) is 37.6 Å². The van der Waals surface area contributed by atoms with Crippen molar-refractivity contribution in [1.29, 1.82) is 0 Å². The van der Waals surface area contributed by atoms with E-state index >= 15 is 0 Å². The maximum Gasteiger partial charge on any atom is 0.165 e. The minimum atomic E-state index is 0.543. The third-order valence-electron chi connectivity index (χ3n) is 4.43. The zero-order chi connectivity index (χ0) is 18.4. The third kappa shape index (κ3) is 2.77. The first-order valence-electron chi connectivity index (χ1n) is 8.03. The van der Waals surface area contributed by atoms with Gasteiger partial charge in [0.15, 0.2) is 5.65 Å². The van der Waals surface area contributed by atoms with Crippen LogP contribution < -0.4 is 0 Å². The molecule has 0 radical (unpaired) electrons. The minimum Gasteiger partial charge on any atom is -0.233 e.